The van der Waals surface area contributed by atoms with Crippen LogP contribution >= 0.6 is 0 Å². The van der Waals surface area contributed by atoms with Gasteiger partial charge in [-0.3, -0.25) is 9.59 Å². The number of aryl methyl sites for hydroxylation is 3. The van der Waals surface area contributed by atoms with Crippen LogP contribution in [0.25, 0.3) is 0 Å². The Labute approximate surface area is 184 Å². The molecule has 0 unspecified atom stereocenters. The summed E-state index contributed by atoms with van der Waals surface area (Å²) in [7, 11) is 1.68. The number of nitrogens with one attached hydrogen (secondary N) is 1. The number of anilines is 1. The van der Waals surface area contributed by atoms with Gasteiger partial charge in [-0.05, 0) is 43.0 Å². The highest BCUT2D eigenvalue weighted by Gasteiger charge is 2.22. The fraction of sp³-hybridized carbons (Fsp3) is 0.259. The van der Waals surface area contributed by atoms with Crippen molar-refractivity contribution in [2.45, 2.75) is 33.1 Å². The molecule has 1 N–H and O–H groups in total. The van der Waals surface area contributed by atoms with Crippen molar-refractivity contribution < 1.29 is 9.59 Å². The first-order valence-corrected chi connectivity index (χ1v) is 10.6. The van der Waals surface area contributed by atoms with Gasteiger partial charge in [-0.1, -0.05) is 78.4 Å². The van der Waals surface area contributed by atoms with Gasteiger partial charge in [-0.2, -0.15) is 0 Å². The van der Waals surface area contributed by atoms with E-state index in [4.69, 9.17) is 0 Å². The molecular weight excluding hydrogens is 384 g/mol. The first kappa shape index (κ1) is 22.3. The molecule has 4 heteroatoms. The molecule has 0 spiro atoms. The summed E-state index contributed by atoms with van der Waals surface area (Å²) in [5.74, 6) is -0.311. The van der Waals surface area contributed by atoms with Crippen molar-refractivity contribution in [3.63, 3.8) is 0 Å². The Bertz CT molecular complexity index is 983. The van der Waals surface area contributed by atoms with Crippen LogP contribution in [-0.2, 0) is 9.59 Å². The Morgan fingerprint density at radius 1 is 0.839 bits per heavy atom. The van der Waals surface area contributed by atoms with Gasteiger partial charge in [0.05, 0.1) is 6.54 Å². The number of benzene rings is 3. The summed E-state index contributed by atoms with van der Waals surface area (Å²) in [4.78, 5) is 27.2. The maximum Gasteiger partial charge on any atom is 0.243 e. The smallest absolute Gasteiger partial charge is 0.243 e. The van der Waals surface area contributed by atoms with E-state index in [0.717, 1.165) is 33.5 Å². The highest BCUT2D eigenvalue weighted by molar-refractivity contribution is 5.95. The van der Waals surface area contributed by atoms with Gasteiger partial charge >= 0.3 is 0 Å². The van der Waals surface area contributed by atoms with Gasteiger partial charge in [0, 0.05) is 25.1 Å². The van der Waals surface area contributed by atoms with Crippen LogP contribution < -0.4 is 5.32 Å². The Balaban J connectivity index is 1.69. The van der Waals surface area contributed by atoms with E-state index in [1.165, 1.54) is 4.90 Å². The fourth-order valence-electron chi connectivity index (χ4n) is 3.99. The Morgan fingerprint density at radius 2 is 1.32 bits per heavy atom. The lowest BCUT2D eigenvalue weighted by atomic mass is 9.88. The van der Waals surface area contributed by atoms with E-state index in [0.29, 0.717) is 6.42 Å². The molecule has 3 aromatic rings. The zero-order valence-electron chi connectivity index (χ0n) is 18.7. The Kier molecular flexibility index (Phi) is 7.24. The van der Waals surface area contributed by atoms with Crippen LogP contribution in [-0.4, -0.2) is 30.3 Å². The molecule has 0 aliphatic heterocycles. The van der Waals surface area contributed by atoms with Crippen LogP contribution in [0, 0.1) is 20.8 Å². The van der Waals surface area contributed by atoms with Crippen molar-refractivity contribution in [3.05, 3.63) is 101 Å². The minimum atomic E-state index is -0.193. The molecule has 0 heterocycles. The molecule has 3 aromatic carbocycles. The van der Waals surface area contributed by atoms with Gasteiger partial charge in [0.15, 0.2) is 0 Å². The third kappa shape index (κ3) is 5.82. The van der Waals surface area contributed by atoms with Gasteiger partial charge in [0.25, 0.3) is 0 Å². The molecule has 0 atom stereocenters. The molecule has 0 aromatic heterocycles. The van der Waals surface area contributed by atoms with Crippen molar-refractivity contribution >= 4 is 17.5 Å². The summed E-state index contributed by atoms with van der Waals surface area (Å²) in [6.07, 6.45) is 0.306. The number of rotatable bonds is 7. The van der Waals surface area contributed by atoms with Crippen molar-refractivity contribution in [1.29, 1.82) is 0 Å². The van der Waals surface area contributed by atoms with Crippen molar-refractivity contribution in [3.8, 4) is 0 Å². The largest absolute Gasteiger partial charge is 0.336 e. The zero-order valence-corrected chi connectivity index (χ0v) is 18.7. The topological polar surface area (TPSA) is 49.4 Å². The third-order valence-corrected chi connectivity index (χ3v) is 5.53. The quantitative estimate of drug-likeness (QED) is 0.575. The molecule has 0 saturated heterocycles. The number of carbonyl (C=O) groups excluding carboxylic acids is 2. The SMILES string of the molecule is Cc1cc(C)c(NC(=O)CN(C)C(=O)CC(c2ccccc2)c2ccccc2)c(C)c1. The van der Waals surface area contributed by atoms with Gasteiger partial charge < -0.3 is 10.2 Å². The van der Waals surface area contributed by atoms with E-state index in [2.05, 4.69) is 5.32 Å². The third-order valence-electron chi connectivity index (χ3n) is 5.53. The van der Waals surface area contributed by atoms with Crippen LogP contribution in [0.5, 0.6) is 0 Å². The summed E-state index contributed by atoms with van der Waals surface area (Å²) in [5.41, 5.74) is 6.20. The Hall–Kier alpha value is -3.40. The van der Waals surface area contributed by atoms with Crippen molar-refractivity contribution in [2.24, 2.45) is 0 Å². The predicted octanol–water partition coefficient (Wildman–Crippen LogP) is 5.23. The standard InChI is InChI=1S/C27H30N2O2/c1-19-15-20(2)27(21(3)16-19)28-25(30)18-29(4)26(31)17-24(22-11-7-5-8-12-22)23-13-9-6-10-14-23/h5-16,24H,17-18H2,1-4H3,(H,28,30). The minimum Gasteiger partial charge on any atom is -0.336 e. The fourth-order valence-corrected chi connectivity index (χ4v) is 3.99. The first-order valence-electron chi connectivity index (χ1n) is 10.6. The first-order chi connectivity index (χ1) is 14.8. The highest BCUT2D eigenvalue weighted by atomic mass is 16.2. The van der Waals surface area contributed by atoms with Gasteiger partial charge in [-0.25, -0.2) is 0 Å². The summed E-state index contributed by atoms with van der Waals surface area (Å²) in [6.45, 7) is 6.01. The lowest BCUT2D eigenvalue weighted by Crippen LogP contribution is -2.35. The van der Waals surface area contributed by atoms with E-state index in [9.17, 15) is 9.59 Å². The highest BCUT2D eigenvalue weighted by Crippen LogP contribution is 2.28. The summed E-state index contributed by atoms with van der Waals surface area (Å²) < 4.78 is 0. The average Bonchev–Trinajstić information content (AvgIpc) is 2.75. The number of carbonyl (C=O) groups is 2. The van der Waals surface area contributed by atoms with E-state index in [1.807, 2.05) is 93.6 Å². The Morgan fingerprint density at radius 3 is 1.81 bits per heavy atom. The molecule has 0 fully saturated rings. The predicted molar refractivity (Wildman–Crippen MR) is 126 cm³/mol. The average molecular weight is 415 g/mol. The summed E-state index contributed by atoms with van der Waals surface area (Å²) in [6, 6.07) is 24.1. The van der Waals surface area contributed by atoms with Crippen LogP contribution in [0.4, 0.5) is 5.69 Å². The second kappa shape index (κ2) is 10.1. The van der Waals surface area contributed by atoms with Gasteiger partial charge in [0.1, 0.15) is 0 Å². The number of hydrogen-bond acceptors (Lipinski definition) is 2. The molecule has 2 amide bonds. The summed E-state index contributed by atoms with van der Waals surface area (Å²) >= 11 is 0. The maximum atomic E-state index is 13.0. The van der Waals surface area contributed by atoms with Crippen molar-refractivity contribution in [1.82, 2.24) is 4.90 Å². The maximum absolute atomic E-state index is 13.0. The number of amides is 2. The van der Waals surface area contributed by atoms with Crippen molar-refractivity contribution in [2.75, 3.05) is 18.9 Å². The molecule has 0 saturated carbocycles. The van der Waals surface area contributed by atoms with E-state index >= 15 is 0 Å². The molecule has 4 nitrogen and oxygen atoms in total. The molecule has 160 valence electrons. The number of likely N-dealkylation sites (N-methyl/N-ethyl adjacent to an activating group) is 1. The van der Waals surface area contributed by atoms with Crippen LogP contribution in [0.3, 0.4) is 0 Å². The zero-order chi connectivity index (χ0) is 22.4. The van der Waals surface area contributed by atoms with Crippen LogP contribution in [0.2, 0.25) is 0 Å². The van der Waals surface area contributed by atoms with Crippen LogP contribution in [0.15, 0.2) is 72.8 Å². The molecule has 0 bridgehead atoms. The number of hydrogen-bond donors (Lipinski definition) is 1. The molecule has 0 aliphatic rings. The van der Waals surface area contributed by atoms with Crippen LogP contribution in [0.1, 0.15) is 40.2 Å². The van der Waals surface area contributed by atoms with E-state index in [-0.39, 0.29) is 24.3 Å². The monoisotopic (exact) mass is 414 g/mol. The number of nitrogens with zero attached hydrogens (tertiary/aromatic N) is 1. The van der Waals surface area contributed by atoms with Gasteiger partial charge in [-0.15, -0.1) is 0 Å². The minimum absolute atomic E-state index is 0.0158. The van der Waals surface area contributed by atoms with E-state index in [1.54, 1.807) is 7.05 Å². The van der Waals surface area contributed by atoms with Gasteiger partial charge in [0.2, 0.25) is 11.8 Å². The second-order valence-electron chi connectivity index (χ2n) is 8.15. The normalized spacial score (nSPS) is 10.7. The summed E-state index contributed by atoms with van der Waals surface area (Å²) in [5, 5.41) is 2.98. The lowest BCUT2D eigenvalue weighted by molar-refractivity contribution is -0.133. The molecule has 0 radical (unpaired) electrons. The molecule has 3 rings (SSSR count). The second-order valence-corrected chi connectivity index (χ2v) is 8.15. The van der Waals surface area contributed by atoms with E-state index < -0.39 is 0 Å². The lowest BCUT2D eigenvalue weighted by Gasteiger charge is -2.22. The molecule has 31 heavy (non-hydrogen) atoms. The molecule has 0 aliphatic carbocycles. The molecular formula is C27H30N2O2.